The molecule has 0 saturated heterocycles. The van der Waals surface area contributed by atoms with Crippen molar-refractivity contribution in [2.75, 3.05) is 11.6 Å². The number of hydrogen-bond acceptors (Lipinski definition) is 3. The highest BCUT2D eigenvalue weighted by Crippen LogP contribution is 2.21. The summed E-state index contributed by atoms with van der Waals surface area (Å²) in [5, 5.41) is 11.7. The Morgan fingerprint density at radius 3 is 2.56 bits per heavy atom. The van der Waals surface area contributed by atoms with E-state index in [-0.39, 0.29) is 5.78 Å². The van der Waals surface area contributed by atoms with Crippen LogP contribution in [0.4, 0.5) is 5.69 Å². The van der Waals surface area contributed by atoms with Gasteiger partial charge >= 0.3 is 0 Å². The summed E-state index contributed by atoms with van der Waals surface area (Å²) in [6.07, 6.45) is 2.68. The first-order valence-corrected chi connectivity index (χ1v) is 6.09. The molecular formula is C13H18N2O3. The molecule has 1 aromatic rings. The predicted molar refractivity (Wildman–Crippen MR) is 70.3 cm³/mol. The number of unbranched alkanes of at least 4 members (excludes halogenated alkanes) is 2. The molecule has 1 aromatic carbocycles. The lowest BCUT2D eigenvalue weighted by Crippen LogP contribution is -2.32. The minimum absolute atomic E-state index is 0.159. The van der Waals surface area contributed by atoms with Crippen LogP contribution >= 0.6 is 0 Å². The largest absolute Gasteiger partial charge is 0.294 e. The number of para-hydroxylation sites is 1. The van der Waals surface area contributed by atoms with Crippen molar-refractivity contribution in [3.05, 3.63) is 39.9 Å². The van der Waals surface area contributed by atoms with Gasteiger partial charge in [0.25, 0.3) is 0 Å². The molecule has 0 spiro atoms. The fourth-order valence-corrected chi connectivity index (χ4v) is 1.80. The Balaban J connectivity index is 2.98. The van der Waals surface area contributed by atoms with Crippen LogP contribution in [-0.2, 0) is 0 Å². The Bertz CT molecular complexity index is 432. The maximum absolute atomic E-state index is 11.5. The van der Waals surface area contributed by atoms with E-state index in [1.165, 1.54) is 6.92 Å². The molecule has 0 saturated carbocycles. The molecule has 98 valence electrons. The van der Waals surface area contributed by atoms with Crippen molar-refractivity contribution in [1.82, 2.24) is 0 Å². The van der Waals surface area contributed by atoms with E-state index in [0.717, 1.165) is 24.3 Å². The number of nitro groups is 1. The Morgan fingerprint density at radius 2 is 2.00 bits per heavy atom. The molecule has 0 aliphatic carbocycles. The molecule has 0 unspecified atom stereocenters. The average molecular weight is 250 g/mol. The standard InChI is InChI=1S/C13H18N2O3/c1-3-4-7-10-14(15(17)18)13-9-6-5-8-12(13)11(2)16/h5-6,8-9H,3-4,7,10H2,1-2H3. The van der Waals surface area contributed by atoms with Gasteiger partial charge in [0.05, 0.1) is 6.54 Å². The van der Waals surface area contributed by atoms with E-state index in [0.29, 0.717) is 17.8 Å². The molecule has 0 bridgehead atoms. The molecule has 0 heterocycles. The van der Waals surface area contributed by atoms with Gasteiger partial charge in [0, 0.05) is 5.56 Å². The van der Waals surface area contributed by atoms with Crippen molar-refractivity contribution in [2.45, 2.75) is 33.1 Å². The fourth-order valence-electron chi connectivity index (χ4n) is 1.80. The molecular weight excluding hydrogens is 232 g/mol. The number of Topliss-reactive ketones (excluding diaryl/α,β-unsaturated/α-hetero) is 1. The first-order chi connectivity index (χ1) is 8.57. The maximum Gasteiger partial charge on any atom is 0.165 e. The first kappa shape index (κ1) is 14.2. The molecule has 0 aliphatic heterocycles. The minimum Gasteiger partial charge on any atom is -0.294 e. The summed E-state index contributed by atoms with van der Waals surface area (Å²) in [6.45, 7) is 3.79. The second-order valence-corrected chi connectivity index (χ2v) is 4.14. The van der Waals surface area contributed by atoms with Gasteiger partial charge in [-0.25, -0.2) is 10.1 Å². The Kier molecular flexibility index (Phi) is 5.30. The first-order valence-electron chi connectivity index (χ1n) is 6.09. The monoisotopic (exact) mass is 250 g/mol. The lowest BCUT2D eigenvalue weighted by Gasteiger charge is -2.16. The van der Waals surface area contributed by atoms with Crippen LogP contribution in [-0.4, -0.2) is 17.4 Å². The summed E-state index contributed by atoms with van der Waals surface area (Å²) < 4.78 is 0. The zero-order chi connectivity index (χ0) is 13.5. The number of carbonyl (C=O) groups is 1. The lowest BCUT2D eigenvalue weighted by atomic mass is 10.1. The molecule has 1 rings (SSSR count). The Morgan fingerprint density at radius 1 is 1.33 bits per heavy atom. The third-order valence-corrected chi connectivity index (χ3v) is 2.73. The van der Waals surface area contributed by atoms with E-state index in [1.807, 2.05) is 6.92 Å². The second-order valence-electron chi connectivity index (χ2n) is 4.14. The smallest absolute Gasteiger partial charge is 0.165 e. The van der Waals surface area contributed by atoms with Crippen LogP contribution in [0.5, 0.6) is 0 Å². The van der Waals surface area contributed by atoms with Gasteiger partial charge in [0.2, 0.25) is 0 Å². The van der Waals surface area contributed by atoms with Gasteiger partial charge in [-0.15, -0.1) is 0 Å². The van der Waals surface area contributed by atoms with E-state index in [4.69, 9.17) is 0 Å². The maximum atomic E-state index is 11.5. The van der Waals surface area contributed by atoms with E-state index in [9.17, 15) is 14.9 Å². The van der Waals surface area contributed by atoms with Gasteiger partial charge in [-0.05, 0) is 25.5 Å². The molecule has 0 N–H and O–H groups in total. The summed E-state index contributed by atoms with van der Waals surface area (Å²) in [5.41, 5.74) is 0.775. The quantitative estimate of drug-likeness (QED) is 0.323. The van der Waals surface area contributed by atoms with Crippen molar-refractivity contribution >= 4 is 11.5 Å². The van der Waals surface area contributed by atoms with Crippen LogP contribution in [0.3, 0.4) is 0 Å². The highest BCUT2D eigenvalue weighted by atomic mass is 16.7. The minimum atomic E-state index is -0.447. The van der Waals surface area contributed by atoms with Gasteiger partial charge < -0.3 is 0 Å². The zero-order valence-electron chi connectivity index (χ0n) is 10.8. The summed E-state index contributed by atoms with van der Waals surface area (Å²) in [4.78, 5) is 22.6. The van der Waals surface area contributed by atoms with Gasteiger partial charge in [0.15, 0.2) is 10.8 Å². The Labute approximate surface area is 107 Å². The fraction of sp³-hybridized carbons (Fsp3) is 0.462. The molecule has 5 heteroatoms. The van der Waals surface area contributed by atoms with Crippen LogP contribution in [0.15, 0.2) is 24.3 Å². The molecule has 0 amide bonds. The molecule has 0 radical (unpaired) electrons. The van der Waals surface area contributed by atoms with E-state index in [1.54, 1.807) is 24.3 Å². The van der Waals surface area contributed by atoms with Crippen molar-refractivity contribution in [2.24, 2.45) is 0 Å². The normalized spacial score (nSPS) is 10.1. The van der Waals surface area contributed by atoms with Crippen molar-refractivity contribution in [3.8, 4) is 0 Å². The third-order valence-electron chi connectivity index (χ3n) is 2.73. The Hall–Kier alpha value is -1.91. The molecule has 0 fully saturated rings. The van der Waals surface area contributed by atoms with Crippen molar-refractivity contribution in [3.63, 3.8) is 0 Å². The summed E-state index contributed by atoms with van der Waals surface area (Å²) >= 11 is 0. The SMILES string of the molecule is CCCCCN(c1ccccc1C(C)=O)[N+](=O)[O-]. The number of ketones is 1. The number of carbonyl (C=O) groups excluding carboxylic acids is 1. The summed E-state index contributed by atoms with van der Waals surface area (Å²) in [6, 6.07) is 6.65. The lowest BCUT2D eigenvalue weighted by molar-refractivity contribution is -0.494. The van der Waals surface area contributed by atoms with E-state index >= 15 is 0 Å². The second kappa shape index (κ2) is 6.74. The number of hydrazine groups is 1. The van der Waals surface area contributed by atoms with Crippen LogP contribution < -0.4 is 5.01 Å². The van der Waals surface area contributed by atoms with Gasteiger partial charge in [-0.1, -0.05) is 36.9 Å². The molecule has 0 aliphatic rings. The molecule has 18 heavy (non-hydrogen) atoms. The highest BCUT2D eigenvalue weighted by Gasteiger charge is 2.21. The van der Waals surface area contributed by atoms with Crippen molar-refractivity contribution < 1.29 is 9.83 Å². The average Bonchev–Trinajstić information content (AvgIpc) is 2.34. The van der Waals surface area contributed by atoms with Crippen LogP contribution in [0.1, 0.15) is 43.5 Å². The molecule has 5 nitrogen and oxygen atoms in total. The molecule has 0 atom stereocenters. The number of benzene rings is 1. The van der Waals surface area contributed by atoms with Gasteiger partial charge in [-0.2, -0.15) is 0 Å². The number of nitrogens with zero attached hydrogens (tertiary/aromatic N) is 2. The topological polar surface area (TPSA) is 63.5 Å². The number of anilines is 1. The number of hydrogen-bond donors (Lipinski definition) is 0. The van der Waals surface area contributed by atoms with Crippen LogP contribution in [0.25, 0.3) is 0 Å². The van der Waals surface area contributed by atoms with Gasteiger partial charge in [0.1, 0.15) is 5.69 Å². The van der Waals surface area contributed by atoms with Gasteiger partial charge in [-0.3, -0.25) is 4.79 Å². The number of rotatable bonds is 7. The van der Waals surface area contributed by atoms with E-state index in [2.05, 4.69) is 0 Å². The summed E-state index contributed by atoms with van der Waals surface area (Å²) in [7, 11) is 0. The highest BCUT2D eigenvalue weighted by molar-refractivity contribution is 5.99. The van der Waals surface area contributed by atoms with Crippen LogP contribution in [0.2, 0.25) is 0 Å². The third kappa shape index (κ3) is 3.55. The zero-order valence-corrected chi connectivity index (χ0v) is 10.8. The van der Waals surface area contributed by atoms with Crippen molar-refractivity contribution in [1.29, 1.82) is 0 Å². The van der Waals surface area contributed by atoms with Crippen LogP contribution in [0, 0.1) is 10.1 Å². The summed E-state index contributed by atoms with van der Waals surface area (Å²) in [5.74, 6) is -0.159. The van der Waals surface area contributed by atoms with E-state index < -0.39 is 5.03 Å². The predicted octanol–water partition coefficient (Wildman–Crippen LogP) is 3.08. The molecule has 0 aromatic heterocycles.